The molecule has 0 N–H and O–H groups in total. The molecule has 10 heteroatoms. The van der Waals surface area contributed by atoms with Gasteiger partial charge in [-0.05, 0) is 58.2 Å². The van der Waals surface area contributed by atoms with Crippen LogP contribution in [0.25, 0.3) is 0 Å². The number of nitro groups is 1. The minimum Gasteiger partial charge on any atom is -0.493 e. The van der Waals surface area contributed by atoms with Crippen LogP contribution >= 0.6 is 0 Å². The number of likely N-dealkylation sites (tertiary alicyclic amines) is 1. The Bertz CT molecular complexity index is 686. The highest BCUT2D eigenvalue weighted by Gasteiger charge is 2.60. The van der Waals surface area contributed by atoms with Gasteiger partial charge < -0.3 is 9.64 Å². The van der Waals surface area contributed by atoms with Crippen LogP contribution in [0, 0.1) is 16.0 Å². The third-order valence-corrected chi connectivity index (χ3v) is 5.03. The number of halogens is 5. The van der Waals surface area contributed by atoms with E-state index in [1.54, 1.807) is 0 Å². The molecular weight excluding hydrogens is 387 g/mol. The normalized spacial score (nSPS) is 17.1. The average molecular weight is 410 g/mol. The quantitative estimate of drug-likeness (QED) is 0.355. The minimum absolute atomic E-state index is 0.0888. The average Bonchev–Trinajstić information content (AvgIpc) is 2.61. The summed E-state index contributed by atoms with van der Waals surface area (Å²) in [5.41, 5.74) is -2.03. The summed E-state index contributed by atoms with van der Waals surface area (Å²) in [5, 5.41) is 10.9. The van der Waals surface area contributed by atoms with E-state index in [0.29, 0.717) is 30.7 Å². The molecule has 0 radical (unpaired) electrons. The van der Waals surface area contributed by atoms with Crippen LogP contribution < -0.4 is 4.74 Å². The van der Waals surface area contributed by atoms with Crippen LogP contribution in [0.5, 0.6) is 5.75 Å². The molecule has 0 spiro atoms. The standard InChI is InChI=1S/C18H23F5N2O3/c1-12(2)24-8-5-13(6-9-24)7-10-28-16-11-14(25(26)27)3-4-15(16)17(19,20)18(21,22)23/h3-4,11-13H,5-10H2,1-2H3. The molecule has 1 fully saturated rings. The van der Waals surface area contributed by atoms with E-state index in [-0.39, 0.29) is 12.5 Å². The van der Waals surface area contributed by atoms with Crippen molar-refractivity contribution in [1.29, 1.82) is 0 Å². The van der Waals surface area contributed by atoms with Crippen LogP contribution in [0.4, 0.5) is 27.6 Å². The van der Waals surface area contributed by atoms with Crippen LogP contribution in [0.15, 0.2) is 18.2 Å². The fourth-order valence-corrected chi connectivity index (χ4v) is 3.25. The van der Waals surface area contributed by atoms with E-state index in [4.69, 9.17) is 4.74 Å². The second kappa shape index (κ2) is 8.59. The van der Waals surface area contributed by atoms with Crippen molar-refractivity contribution in [2.45, 2.75) is 51.3 Å². The number of nitrogens with zero attached hydrogens (tertiary/aromatic N) is 2. The van der Waals surface area contributed by atoms with E-state index in [1.807, 2.05) is 0 Å². The number of hydrogen-bond donors (Lipinski definition) is 0. The summed E-state index contributed by atoms with van der Waals surface area (Å²) in [6.45, 7) is 5.86. The largest absolute Gasteiger partial charge is 0.493 e. The van der Waals surface area contributed by atoms with E-state index < -0.39 is 34.0 Å². The molecule has 2 rings (SSSR count). The molecule has 28 heavy (non-hydrogen) atoms. The zero-order chi connectivity index (χ0) is 21.1. The summed E-state index contributed by atoms with van der Waals surface area (Å²) >= 11 is 0. The number of rotatable bonds is 7. The van der Waals surface area contributed by atoms with E-state index in [0.717, 1.165) is 25.9 Å². The highest BCUT2D eigenvalue weighted by Crippen LogP contribution is 2.47. The summed E-state index contributed by atoms with van der Waals surface area (Å²) in [5.74, 6) is -5.71. The van der Waals surface area contributed by atoms with Gasteiger partial charge in [-0.3, -0.25) is 10.1 Å². The predicted octanol–water partition coefficient (Wildman–Crippen LogP) is 5.14. The van der Waals surface area contributed by atoms with Gasteiger partial charge in [-0.1, -0.05) is 0 Å². The second-order valence-electron chi connectivity index (χ2n) is 7.22. The fraction of sp³-hybridized carbons (Fsp3) is 0.667. The molecule has 0 aliphatic carbocycles. The van der Waals surface area contributed by atoms with Crippen molar-refractivity contribution in [2.24, 2.45) is 5.92 Å². The number of nitro benzene ring substituents is 1. The van der Waals surface area contributed by atoms with Gasteiger partial charge in [0, 0.05) is 12.1 Å². The van der Waals surface area contributed by atoms with Gasteiger partial charge in [-0.2, -0.15) is 22.0 Å². The Morgan fingerprint density at radius 2 is 1.82 bits per heavy atom. The summed E-state index contributed by atoms with van der Waals surface area (Å²) < 4.78 is 70.9. The molecule has 158 valence electrons. The molecule has 5 nitrogen and oxygen atoms in total. The number of ether oxygens (including phenoxy) is 1. The van der Waals surface area contributed by atoms with Gasteiger partial charge in [0.15, 0.2) is 0 Å². The van der Waals surface area contributed by atoms with Crippen molar-refractivity contribution in [3.8, 4) is 5.75 Å². The van der Waals surface area contributed by atoms with Crippen LogP contribution in [0.1, 0.15) is 38.7 Å². The highest BCUT2D eigenvalue weighted by molar-refractivity contribution is 5.46. The molecule has 0 amide bonds. The molecule has 1 aromatic rings. The summed E-state index contributed by atoms with van der Waals surface area (Å²) in [6.07, 6.45) is -3.60. The van der Waals surface area contributed by atoms with Crippen LogP contribution in [-0.2, 0) is 5.92 Å². The van der Waals surface area contributed by atoms with Gasteiger partial charge in [-0.15, -0.1) is 0 Å². The van der Waals surface area contributed by atoms with Gasteiger partial charge in [0.1, 0.15) is 5.75 Å². The fourth-order valence-electron chi connectivity index (χ4n) is 3.25. The molecule has 1 saturated heterocycles. The first kappa shape index (κ1) is 22.3. The lowest BCUT2D eigenvalue weighted by atomic mass is 9.93. The summed E-state index contributed by atoms with van der Waals surface area (Å²) in [7, 11) is 0. The maximum absolute atomic E-state index is 13.8. The molecule has 1 aliphatic rings. The number of non-ortho nitro benzene ring substituents is 1. The first-order valence-corrected chi connectivity index (χ1v) is 9.03. The van der Waals surface area contributed by atoms with Gasteiger partial charge in [0.2, 0.25) is 0 Å². The molecule has 0 aromatic heterocycles. The molecule has 0 unspecified atom stereocenters. The number of piperidine rings is 1. The maximum Gasteiger partial charge on any atom is 0.458 e. The highest BCUT2D eigenvalue weighted by atomic mass is 19.4. The zero-order valence-corrected chi connectivity index (χ0v) is 15.6. The first-order valence-electron chi connectivity index (χ1n) is 9.03. The lowest BCUT2D eigenvalue weighted by molar-refractivity contribution is -0.385. The van der Waals surface area contributed by atoms with Crippen LogP contribution in [0.2, 0.25) is 0 Å². The third-order valence-electron chi connectivity index (χ3n) is 5.03. The van der Waals surface area contributed by atoms with Gasteiger partial charge in [0.05, 0.1) is 23.2 Å². The van der Waals surface area contributed by atoms with E-state index in [1.165, 1.54) is 0 Å². The van der Waals surface area contributed by atoms with Crippen LogP contribution in [0.3, 0.4) is 0 Å². The van der Waals surface area contributed by atoms with Crippen molar-refractivity contribution in [3.05, 3.63) is 33.9 Å². The second-order valence-corrected chi connectivity index (χ2v) is 7.22. The number of alkyl halides is 5. The minimum atomic E-state index is -5.83. The van der Waals surface area contributed by atoms with E-state index in [2.05, 4.69) is 18.7 Å². The van der Waals surface area contributed by atoms with Crippen LogP contribution in [-0.4, -0.2) is 41.7 Å². The smallest absolute Gasteiger partial charge is 0.458 e. The Kier molecular flexibility index (Phi) is 6.84. The van der Waals surface area contributed by atoms with Gasteiger partial charge in [-0.25, -0.2) is 0 Å². The van der Waals surface area contributed by atoms with Crippen molar-refractivity contribution >= 4 is 5.69 Å². The zero-order valence-electron chi connectivity index (χ0n) is 15.6. The number of benzene rings is 1. The Morgan fingerprint density at radius 1 is 1.21 bits per heavy atom. The molecule has 0 bridgehead atoms. The SMILES string of the molecule is CC(C)N1CCC(CCOc2cc([N+](=O)[O-])ccc2C(F)(F)C(F)(F)F)CC1. The molecule has 1 aliphatic heterocycles. The van der Waals surface area contributed by atoms with E-state index >= 15 is 0 Å². The van der Waals surface area contributed by atoms with Crippen molar-refractivity contribution in [1.82, 2.24) is 4.90 Å². The van der Waals surface area contributed by atoms with Crippen molar-refractivity contribution in [2.75, 3.05) is 19.7 Å². The third kappa shape index (κ3) is 5.09. The monoisotopic (exact) mass is 410 g/mol. The number of hydrogen-bond acceptors (Lipinski definition) is 4. The summed E-state index contributed by atoms with van der Waals surface area (Å²) in [4.78, 5) is 12.3. The topological polar surface area (TPSA) is 55.6 Å². The molecule has 1 aromatic carbocycles. The van der Waals surface area contributed by atoms with Gasteiger partial charge in [0.25, 0.3) is 5.69 Å². The lowest BCUT2D eigenvalue weighted by Gasteiger charge is -2.34. The molecule has 1 heterocycles. The van der Waals surface area contributed by atoms with Crippen molar-refractivity contribution in [3.63, 3.8) is 0 Å². The van der Waals surface area contributed by atoms with E-state index in [9.17, 15) is 32.1 Å². The summed E-state index contributed by atoms with van der Waals surface area (Å²) in [6, 6.07) is 2.07. The lowest BCUT2D eigenvalue weighted by Crippen LogP contribution is -2.38. The predicted molar refractivity (Wildman–Crippen MR) is 92.6 cm³/mol. The van der Waals surface area contributed by atoms with Crippen molar-refractivity contribution < 1.29 is 31.6 Å². The molecule has 0 saturated carbocycles. The Hall–Kier alpha value is -1.97. The Labute approximate surface area is 159 Å². The Morgan fingerprint density at radius 3 is 2.32 bits per heavy atom. The van der Waals surface area contributed by atoms with Gasteiger partial charge >= 0.3 is 12.1 Å². The Balaban J connectivity index is 2.09. The maximum atomic E-state index is 13.8. The first-order chi connectivity index (χ1) is 12.9. The molecular formula is C18H23F5N2O3. The molecule has 0 atom stereocenters.